The molecule has 0 unspecified atom stereocenters. The maximum absolute atomic E-state index is 12.6. The fraction of sp³-hybridized carbons (Fsp3) is 0.559. The molecule has 2 saturated heterocycles. The van der Waals surface area contributed by atoms with E-state index in [0.29, 0.717) is 40.6 Å². The van der Waals surface area contributed by atoms with Gasteiger partial charge in [0, 0.05) is 37.3 Å². The number of likely N-dealkylation sites (tertiary alicyclic amines) is 1. The third-order valence-corrected chi connectivity index (χ3v) is 10.5. The van der Waals surface area contributed by atoms with Gasteiger partial charge in [-0.05, 0) is 83.0 Å². The number of piperidine rings is 1. The first-order valence-corrected chi connectivity index (χ1v) is 16.7. The quantitative estimate of drug-likeness (QED) is 0.280. The van der Waals surface area contributed by atoms with Gasteiger partial charge in [-0.3, -0.25) is 14.5 Å². The molecule has 3 aromatic rings. The number of nitrogens with zero attached hydrogens (tertiary/aromatic N) is 4. The molecule has 0 bridgehead atoms. The van der Waals surface area contributed by atoms with Crippen molar-refractivity contribution in [1.82, 2.24) is 14.8 Å². The zero-order valence-corrected chi connectivity index (χ0v) is 27.1. The zero-order valence-electron chi connectivity index (χ0n) is 26.3. The number of alkyl halides is 3. The van der Waals surface area contributed by atoms with Crippen LogP contribution in [0.4, 0.5) is 36.1 Å². The Morgan fingerprint density at radius 2 is 1.57 bits per heavy atom. The molecule has 1 aliphatic carbocycles. The summed E-state index contributed by atoms with van der Waals surface area (Å²) in [7, 11) is 0. The second-order valence-electron chi connectivity index (χ2n) is 13.3. The number of aromatic nitrogens is 1. The second-order valence-corrected chi connectivity index (χ2v) is 13.7. The summed E-state index contributed by atoms with van der Waals surface area (Å²) in [4.78, 5) is 36.0. The van der Waals surface area contributed by atoms with Crippen molar-refractivity contribution >= 4 is 34.5 Å². The molecule has 3 fully saturated rings. The van der Waals surface area contributed by atoms with Crippen LogP contribution in [0.1, 0.15) is 63.9 Å². The summed E-state index contributed by atoms with van der Waals surface area (Å²) in [6, 6.07) is 14.2. The van der Waals surface area contributed by atoms with E-state index in [1.165, 1.54) is 50.3 Å². The summed E-state index contributed by atoms with van der Waals surface area (Å²) in [5.41, 5.74) is -0.676. The maximum atomic E-state index is 12.6. The predicted octanol–water partition coefficient (Wildman–Crippen LogP) is 6.14. The number of nitrogens with one attached hydrogen (secondary N) is 2. The van der Waals surface area contributed by atoms with Crippen LogP contribution in [0.5, 0.6) is 0 Å². The first kappa shape index (κ1) is 32.8. The Hall–Kier alpha value is -3.15. The molecule has 6 rings (SSSR count). The standard InChI is InChI=1S/C34H42ClF3N6O2/c1-21-19-44(33-28(35)16-25(17-39-33)41-30-29(31(45)32(30)46)40-20-34(36,37)38)22(2)18-43(21)27-12-14-42(15-13-27)26-10-8-24(9-11-26)23-6-4-3-5-7-23/h3-7,16-17,21-22,24,26-27,40-41H,8-15,18-20H2,1-2H3/t21-,22+,24?,26?/m1/s1. The van der Waals surface area contributed by atoms with Crippen LogP contribution in [0.25, 0.3) is 0 Å². The lowest BCUT2D eigenvalue weighted by Crippen LogP contribution is -2.61. The number of rotatable bonds is 8. The van der Waals surface area contributed by atoms with E-state index < -0.39 is 23.6 Å². The minimum atomic E-state index is -4.53. The minimum absolute atomic E-state index is 0.165. The summed E-state index contributed by atoms with van der Waals surface area (Å²) < 4.78 is 37.9. The van der Waals surface area contributed by atoms with Crippen molar-refractivity contribution in [2.75, 3.05) is 48.3 Å². The van der Waals surface area contributed by atoms with Crippen LogP contribution in [0.3, 0.4) is 0 Å². The summed E-state index contributed by atoms with van der Waals surface area (Å²) >= 11 is 6.67. The molecule has 8 nitrogen and oxygen atoms in total. The number of benzene rings is 1. The van der Waals surface area contributed by atoms with Crippen molar-refractivity contribution in [3.63, 3.8) is 0 Å². The molecule has 0 amide bonds. The van der Waals surface area contributed by atoms with Crippen molar-refractivity contribution in [1.29, 1.82) is 0 Å². The van der Waals surface area contributed by atoms with Crippen molar-refractivity contribution < 1.29 is 13.2 Å². The van der Waals surface area contributed by atoms with Crippen LogP contribution in [0, 0.1) is 0 Å². The zero-order chi connectivity index (χ0) is 32.6. The van der Waals surface area contributed by atoms with E-state index in [1.807, 2.05) is 5.32 Å². The molecule has 2 aliphatic heterocycles. The van der Waals surface area contributed by atoms with Crippen LogP contribution in [0.15, 0.2) is 52.2 Å². The van der Waals surface area contributed by atoms with Gasteiger partial charge in [-0.1, -0.05) is 41.9 Å². The van der Waals surface area contributed by atoms with Crippen LogP contribution in [0.2, 0.25) is 5.02 Å². The van der Waals surface area contributed by atoms with Crippen molar-refractivity contribution in [2.24, 2.45) is 0 Å². The first-order chi connectivity index (χ1) is 22.0. The van der Waals surface area contributed by atoms with E-state index in [2.05, 4.69) is 69.2 Å². The van der Waals surface area contributed by atoms with E-state index in [0.717, 1.165) is 26.2 Å². The molecule has 46 heavy (non-hydrogen) atoms. The molecule has 1 saturated carbocycles. The highest BCUT2D eigenvalue weighted by Gasteiger charge is 2.37. The van der Waals surface area contributed by atoms with Crippen LogP contribution in [-0.2, 0) is 0 Å². The third-order valence-electron chi connectivity index (χ3n) is 10.2. The Kier molecular flexibility index (Phi) is 9.64. The average molecular weight is 659 g/mol. The van der Waals surface area contributed by atoms with Gasteiger partial charge in [-0.2, -0.15) is 13.2 Å². The van der Waals surface area contributed by atoms with Gasteiger partial charge in [0.2, 0.25) is 0 Å². The van der Waals surface area contributed by atoms with Crippen LogP contribution < -0.4 is 26.4 Å². The monoisotopic (exact) mass is 658 g/mol. The molecule has 248 valence electrons. The SMILES string of the molecule is C[C@@H]1CN(c2ncc(Nc3c(NCC(F)(F)F)c(=O)c3=O)cc2Cl)[C@@H](C)CN1C1CCN(C2CCC(c3ccccc3)CC2)CC1. The van der Waals surface area contributed by atoms with E-state index in [4.69, 9.17) is 11.6 Å². The Balaban J connectivity index is 1.01. The second kappa shape index (κ2) is 13.5. The van der Waals surface area contributed by atoms with Gasteiger partial charge in [-0.25, -0.2) is 4.98 Å². The molecule has 2 atom stereocenters. The molecule has 3 aliphatic rings. The first-order valence-electron chi connectivity index (χ1n) is 16.4. The maximum Gasteiger partial charge on any atom is 0.405 e. The highest BCUT2D eigenvalue weighted by Crippen LogP contribution is 2.37. The lowest BCUT2D eigenvalue weighted by molar-refractivity contribution is -0.115. The normalized spacial score (nSPS) is 25.6. The lowest BCUT2D eigenvalue weighted by Gasteiger charge is -2.50. The smallest absolute Gasteiger partial charge is 0.371 e. The molecule has 12 heteroatoms. The number of piperazine rings is 1. The molecular weight excluding hydrogens is 617 g/mol. The van der Waals surface area contributed by atoms with Crippen molar-refractivity contribution in [2.45, 2.75) is 88.6 Å². The van der Waals surface area contributed by atoms with E-state index in [1.54, 1.807) is 6.07 Å². The average Bonchev–Trinajstić information content (AvgIpc) is 3.05. The largest absolute Gasteiger partial charge is 0.405 e. The van der Waals surface area contributed by atoms with Gasteiger partial charge in [0.25, 0.3) is 10.9 Å². The Morgan fingerprint density at radius 3 is 2.22 bits per heavy atom. The fourth-order valence-corrected chi connectivity index (χ4v) is 8.04. The van der Waals surface area contributed by atoms with E-state index in [9.17, 15) is 22.8 Å². The summed E-state index contributed by atoms with van der Waals surface area (Å²) in [5, 5.41) is 5.09. The number of halogens is 4. The summed E-state index contributed by atoms with van der Waals surface area (Å²) in [6.45, 7) is 6.95. The van der Waals surface area contributed by atoms with Gasteiger partial charge in [0.15, 0.2) is 0 Å². The third kappa shape index (κ3) is 7.06. The van der Waals surface area contributed by atoms with Gasteiger partial charge in [0.05, 0.1) is 16.9 Å². The Bertz CT molecular complexity index is 1560. The van der Waals surface area contributed by atoms with Crippen molar-refractivity contribution in [3.8, 4) is 0 Å². The van der Waals surface area contributed by atoms with Crippen LogP contribution in [-0.4, -0.2) is 77.9 Å². The number of anilines is 4. The van der Waals surface area contributed by atoms with Gasteiger partial charge < -0.3 is 20.4 Å². The molecular formula is C34H42ClF3N6O2. The summed E-state index contributed by atoms with van der Waals surface area (Å²) in [6.07, 6.45) is 4.40. The molecule has 2 aromatic carbocycles. The van der Waals surface area contributed by atoms with Gasteiger partial charge >= 0.3 is 6.18 Å². The van der Waals surface area contributed by atoms with Crippen LogP contribution >= 0.6 is 11.6 Å². The van der Waals surface area contributed by atoms with Gasteiger partial charge in [0.1, 0.15) is 23.7 Å². The fourth-order valence-electron chi connectivity index (χ4n) is 7.76. The van der Waals surface area contributed by atoms with E-state index in [-0.39, 0.29) is 17.4 Å². The summed E-state index contributed by atoms with van der Waals surface area (Å²) in [5.74, 6) is 1.31. The number of hydrogen-bond acceptors (Lipinski definition) is 8. The molecule has 1 aromatic heterocycles. The minimum Gasteiger partial charge on any atom is -0.371 e. The van der Waals surface area contributed by atoms with E-state index >= 15 is 0 Å². The number of hydrogen-bond donors (Lipinski definition) is 2. The molecule has 3 heterocycles. The lowest BCUT2D eigenvalue weighted by atomic mass is 9.80. The highest BCUT2D eigenvalue weighted by atomic mass is 35.5. The predicted molar refractivity (Wildman–Crippen MR) is 177 cm³/mol. The Labute approximate surface area is 272 Å². The molecule has 0 radical (unpaired) electrons. The Morgan fingerprint density at radius 1 is 0.891 bits per heavy atom. The topological polar surface area (TPSA) is 80.8 Å². The number of pyridine rings is 1. The highest BCUT2D eigenvalue weighted by molar-refractivity contribution is 6.33. The molecule has 2 N–H and O–H groups in total. The van der Waals surface area contributed by atoms with Gasteiger partial charge in [-0.15, -0.1) is 0 Å². The van der Waals surface area contributed by atoms with Crippen molar-refractivity contribution in [3.05, 3.63) is 73.6 Å². The molecule has 0 spiro atoms.